The van der Waals surface area contributed by atoms with Gasteiger partial charge >= 0.3 is 0 Å². The average molecular weight is 223 g/mol. The van der Waals surface area contributed by atoms with Gasteiger partial charge in [0.25, 0.3) is 0 Å². The Morgan fingerprint density at radius 1 is 1.00 bits per heavy atom. The Kier molecular flexibility index (Phi) is 2.41. The second kappa shape index (κ2) is 4.06. The molecule has 2 aliphatic rings. The van der Waals surface area contributed by atoms with E-state index in [0.29, 0.717) is 0 Å². The van der Waals surface area contributed by atoms with E-state index in [1.165, 1.54) is 0 Å². The average Bonchev–Trinajstić information content (AvgIpc) is 2.57. The topological polar surface area (TPSA) is 29.1 Å². The third-order valence-corrected chi connectivity index (χ3v) is 3.21. The molecule has 84 valence electrons. The molecule has 0 aromatic heterocycles. The SMILES string of the molecule is O=C1NC(c2ccccc2)C2=CC=CC=CC12. The fourth-order valence-corrected chi connectivity index (χ4v) is 2.37. The molecule has 2 atom stereocenters. The molecule has 1 amide bonds. The Balaban J connectivity index is 2.03. The van der Waals surface area contributed by atoms with Crippen molar-refractivity contribution >= 4 is 5.91 Å². The van der Waals surface area contributed by atoms with E-state index in [-0.39, 0.29) is 17.9 Å². The van der Waals surface area contributed by atoms with Gasteiger partial charge in [-0.3, -0.25) is 4.79 Å². The highest BCUT2D eigenvalue weighted by Crippen LogP contribution is 2.35. The van der Waals surface area contributed by atoms with Crippen LogP contribution in [0.1, 0.15) is 11.6 Å². The molecule has 0 radical (unpaired) electrons. The summed E-state index contributed by atoms with van der Waals surface area (Å²) in [5.41, 5.74) is 2.27. The van der Waals surface area contributed by atoms with Gasteiger partial charge in [-0.25, -0.2) is 0 Å². The standard InChI is InChI=1S/C15H13NO/c17-15-13-10-6-2-5-9-12(13)14(16-15)11-7-3-1-4-8-11/h1-10,13-14H,(H,16,17). The van der Waals surface area contributed by atoms with Crippen molar-refractivity contribution in [3.8, 4) is 0 Å². The number of fused-ring (bicyclic) bond motifs is 1. The van der Waals surface area contributed by atoms with Crippen molar-refractivity contribution < 1.29 is 4.79 Å². The first-order valence-corrected chi connectivity index (χ1v) is 5.76. The van der Waals surface area contributed by atoms with Gasteiger partial charge in [-0.05, 0) is 11.1 Å². The predicted octanol–water partition coefficient (Wildman–Crippen LogP) is 2.53. The second-order valence-electron chi connectivity index (χ2n) is 4.27. The summed E-state index contributed by atoms with van der Waals surface area (Å²) < 4.78 is 0. The van der Waals surface area contributed by atoms with Gasteiger partial charge in [-0.15, -0.1) is 0 Å². The van der Waals surface area contributed by atoms with Gasteiger partial charge in [0.15, 0.2) is 0 Å². The van der Waals surface area contributed by atoms with Gasteiger partial charge in [0.2, 0.25) is 5.91 Å². The number of amides is 1. The van der Waals surface area contributed by atoms with E-state index >= 15 is 0 Å². The lowest BCUT2D eigenvalue weighted by molar-refractivity contribution is -0.121. The molecule has 1 saturated heterocycles. The molecule has 1 aromatic carbocycles. The largest absolute Gasteiger partial charge is 0.345 e. The molecule has 3 rings (SSSR count). The molecule has 17 heavy (non-hydrogen) atoms. The van der Waals surface area contributed by atoms with Gasteiger partial charge in [0.05, 0.1) is 12.0 Å². The van der Waals surface area contributed by atoms with Crippen molar-refractivity contribution in [2.75, 3.05) is 0 Å². The number of rotatable bonds is 1. The summed E-state index contributed by atoms with van der Waals surface area (Å²) in [6.45, 7) is 0. The van der Waals surface area contributed by atoms with Crippen LogP contribution in [0, 0.1) is 5.92 Å². The number of allylic oxidation sites excluding steroid dienone is 4. The summed E-state index contributed by atoms with van der Waals surface area (Å²) in [5, 5.41) is 3.05. The lowest BCUT2D eigenvalue weighted by Gasteiger charge is -2.12. The lowest BCUT2D eigenvalue weighted by atomic mass is 9.93. The minimum absolute atomic E-state index is 0.0149. The van der Waals surface area contributed by atoms with Crippen LogP contribution in [0.15, 0.2) is 66.3 Å². The number of benzene rings is 1. The van der Waals surface area contributed by atoms with Crippen LogP contribution in [-0.4, -0.2) is 5.91 Å². The maximum atomic E-state index is 11.9. The van der Waals surface area contributed by atoms with E-state index in [1.807, 2.05) is 60.7 Å². The smallest absolute Gasteiger partial charge is 0.231 e. The molecular formula is C15H13NO. The summed E-state index contributed by atoms with van der Waals surface area (Å²) in [7, 11) is 0. The van der Waals surface area contributed by atoms with Crippen molar-refractivity contribution in [3.05, 3.63) is 71.8 Å². The lowest BCUT2D eigenvalue weighted by Crippen LogP contribution is -2.20. The number of hydrogen-bond acceptors (Lipinski definition) is 1. The van der Waals surface area contributed by atoms with Crippen molar-refractivity contribution in [2.45, 2.75) is 6.04 Å². The first-order chi connectivity index (χ1) is 8.36. The normalized spacial score (nSPS) is 26.1. The van der Waals surface area contributed by atoms with Crippen molar-refractivity contribution in [2.24, 2.45) is 5.92 Å². The first-order valence-electron chi connectivity index (χ1n) is 5.76. The predicted molar refractivity (Wildman–Crippen MR) is 67.2 cm³/mol. The molecule has 1 heterocycles. The maximum Gasteiger partial charge on any atom is 0.231 e. The molecule has 1 aliphatic heterocycles. The second-order valence-corrected chi connectivity index (χ2v) is 4.27. The molecule has 2 nitrogen and oxygen atoms in total. The van der Waals surface area contributed by atoms with E-state index in [1.54, 1.807) is 0 Å². The number of hydrogen-bond donors (Lipinski definition) is 1. The van der Waals surface area contributed by atoms with Crippen LogP contribution in [0.4, 0.5) is 0 Å². The molecule has 0 saturated carbocycles. The van der Waals surface area contributed by atoms with Gasteiger partial charge < -0.3 is 5.32 Å². The fourth-order valence-electron chi connectivity index (χ4n) is 2.37. The highest BCUT2D eigenvalue weighted by molar-refractivity contribution is 5.88. The Labute approximate surface area is 100 Å². The number of carbonyl (C=O) groups excluding carboxylic acids is 1. The molecule has 1 aromatic rings. The van der Waals surface area contributed by atoms with Crippen LogP contribution in [-0.2, 0) is 4.79 Å². The highest BCUT2D eigenvalue weighted by atomic mass is 16.2. The van der Waals surface area contributed by atoms with E-state index in [4.69, 9.17) is 0 Å². The molecule has 2 unspecified atom stereocenters. The van der Waals surface area contributed by atoms with Gasteiger partial charge in [-0.1, -0.05) is 60.7 Å². The zero-order valence-electron chi connectivity index (χ0n) is 9.34. The fraction of sp³-hybridized carbons (Fsp3) is 0.133. The number of carbonyl (C=O) groups is 1. The minimum Gasteiger partial charge on any atom is -0.345 e. The van der Waals surface area contributed by atoms with E-state index in [0.717, 1.165) is 11.1 Å². The quantitative estimate of drug-likeness (QED) is 0.778. The van der Waals surface area contributed by atoms with Crippen LogP contribution in [0.3, 0.4) is 0 Å². The summed E-state index contributed by atoms with van der Waals surface area (Å²) in [6.07, 6.45) is 9.87. The monoisotopic (exact) mass is 223 g/mol. The summed E-state index contributed by atoms with van der Waals surface area (Å²) in [6, 6.07) is 10.1. The van der Waals surface area contributed by atoms with Crippen molar-refractivity contribution in [1.82, 2.24) is 5.32 Å². The Hall–Kier alpha value is -2.09. The molecule has 0 spiro atoms. The maximum absolute atomic E-state index is 11.9. The summed E-state index contributed by atoms with van der Waals surface area (Å²) >= 11 is 0. The Morgan fingerprint density at radius 2 is 1.82 bits per heavy atom. The zero-order chi connectivity index (χ0) is 11.7. The first kappa shape index (κ1) is 10.1. The van der Waals surface area contributed by atoms with Gasteiger partial charge in [-0.2, -0.15) is 0 Å². The number of nitrogens with one attached hydrogen (secondary N) is 1. The van der Waals surface area contributed by atoms with E-state index in [9.17, 15) is 4.79 Å². The van der Waals surface area contributed by atoms with Crippen LogP contribution in [0.5, 0.6) is 0 Å². The zero-order valence-corrected chi connectivity index (χ0v) is 9.34. The van der Waals surface area contributed by atoms with Crippen LogP contribution in [0.2, 0.25) is 0 Å². The molecule has 0 bridgehead atoms. The molecular weight excluding hydrogens is 210 g/mol. The minimum atomic E-state index is -0.116. The van der Waals surface area contributed by atoms with Gasteiger partial charge in [0, 0.05) is 0 Å². The van der Waals surface area contributed by atoms with Crippen LogP contribution >= 0.6 is 0 Å². The highest BCUT2D eigenvalue weighted by Gasteiger charge is 2.35. The van der Waals surface area contributed by atoms with Crippen molar-refractivity contribution in [3.63, 3.8) is 0 Å². The van der Waals surface area contributed by atoms with E-state index in [2.05, 4.69) is 5.32 Å². The van der Waals surface area contributed by atoms with Crippen LogP contribution in [0.25, 0.3) is 0 Å². The molecule has 1 N–H and O–H groups in total. The van der Waals surface area contributed by atoms with Crippen LogP contribution < -0.4 is 5.32 Å². The third kappa shape index (κ3) is 1.72. The summed E-state index contributed by atoms with van der Waals surface area (Å²) in [5.74, 6) is -0.0275. The van der Waals surface area contributed by atoms with Gasteiger partial charge in [0.1, 0.15) is 0 Å². The van der Waals surface area contributed by atoms with Crippen molar-refractivity contribution in [1.29, 1.82) is 0 Å². The summed E-state index contributed by atoms with van der Waals surface area (Å²) in [4.78, 5) is 11.9. The Morgan fingerprint density at radius 3 is 2.65 bits per heavy atom. The Bertz CT molecular complexity index is 525. The molecule has 2 heteroatoms. The third-order valence-electron chi connectivity index (χ3n) is 3.21. The molecule has 1 fully saturated rings. The van der Waals surface area contributed by atoms with E-state index < -0.39 is 0 Å². The molecule has 1 aliphatic carbocycles.